The van der Waals surface area contributed by atoms with Crippen LogP contribution in [0.3, 0.4) is 0 Å². The van der Waals surface area contributed by atoms with E-state index < -0.39 is 6.10 Å². The van der Waals surface area contributed by atoms with E-state index in [9.17, 15) is 9.90 Å². The van der Waals surface area contributed by atoms with E-state index in [-0.39, 0.29) is 11.8 Å². The Hall–Kier alpha value is -1.01. The molecule has 0 radical (unpaired) electrons. The number of carbonyl (C=O) groups excluding carboxylic acids is 1. The third-order valence-electron chi connectivity index (χ3n) is 2.44. The van der Waals surface area contributed by atoms with Crippen molar-refractivity contribution in [2.24, 2.45) is 5.92 Å². The number of carbonyl (C=O) groups is 1. The van der Waals surface area contributed by atoms with E-state index in [1.54, 1.807) is 10.3 Å². The molecule has 2 rings (SSSR count). The van der Waals surface area contributed by atoms with Gasteiger partial charge in [0.2, 0.25) is 0 Å². The molecular formula is C8H11N3O2S. The van der Waals surface area contributed by atoms with E-state index in [1.807, 2.05) is 6.92 Å². The standard InChI is InChI=1S/C8H11N3O2S/c1-5-2-11(3-7(5)12)8(13)6-4-14-10-9-6/h4-5,7,12H,2-3H2,1H3. The van der Waals surface area contributed by atoms with Crippen molar-refractivity contribution in [3.8, 4) is 0 Å². The number of hydrogen-bond donors (Lipinski definition) is 1. The van der Waals surface area contributed by atoms with Gasteiger partial charge in [0, 0.05) is 24.4 Å². The predicted molar refractivity (Wildman–Crippen MR) is 51.0 cm³/mol. The highest BCUT2D eigenvalue weighted by Crippen LogP contribution is 2.18. The van der Waals surface area contributed by atoms with Crippen LogP contribution in [0.1, 0.15) is 17.4 Å². The Bertz CT molecular complexity index is 317. The van der Waals surface area contributed by atoms with E-state index in [2.05, 4.69) is 9.59 Å². The SMILES string of the molecule is CC1CN(C(=O)c2csnn2)CC1O. The van der Waals surface area contributed by atoms with Crippen molar-refractivity contribution < 1.29 is 9.90 Å². The molecule has 0 aromatic carbocycles. The van der Waals surface area contributed by atoms with Crippen molar-refractivity contribution in [2.45, 2.75) is 13.0 Å². The molecule has 1 aromatic heterocycles. The van der Waals surface area contributed by atoms with E-state index in [4.69, 9.17) is 0 Å². The first-order valence-electron chi connectivity index (χ1n) is 4.43. The number of amides is 1. The van der Waals surface area contributed by atoms with Crippen LogP contribution in [-0.2, 0) is 0 Å². The van der Waals surface area contributed by atoms with Gasteiger partial charge in [-0.1, -0.05) is 11.4 Å². The lowest BCUT2D eigenvalue weighted by Crippen LogP contribution is -2.29. The summed E-state index contributed by atoms with van der Waals surface area (Å²) >= 11 is 1.16. The van der Waals surface area contributed by atoms with Crippen LogP contribution in [0.2, 0.25) is 0 Å². The normalized spacial score (nSPS) is 26.9. The molecule has 0 bridgehead atoms. The van der Waals surface area contributed by atoms with Crippen molar-refractivity contribution >= 4 is 17.4 Å². The van der Waals surface area contributed by atoms with Crippen molar-refractivity contribution in [1.82, 2.24) is 14.5 Å². The number of hydrogen-bond acceptors (Lipinski definition) is 5. The highest BCUT2D eigenvalue weighted by molar-refractivity contribution is 7.03. The largest absolute Gasteiger partial charge is 0.391 e. The molecule has 1 aliphatic rings. The van der Waals surface area contributed by atoms with Gasteiger partial charge in [-0.25, -0.2) is 0 Å². The molecule has 2 heterocycles. The quantitative estimate of drug-likeness (QED) is 0.712. The van der Waals surface area contributed by atoms with Gasteiger partial charge in [0.05, 0.1) is 6.10 Å². The second-order valence-corrected chi connectivity index (χ2v) is 4.15. The van der Waals surface area contributed by atoms with Crippen LogP contribution in [0.15, 0.2) is 5.38 Å². The van der Waals surface area contributed by atoms with Gasteiger partial charge < -0.3 is 10.0 Å². The van der Waals surface area contributed by atoms with Crippen molar-refractivity contribution in [3.05, 3.63) is 11.1 Å². The van der Waals surface area contributed by atoms with Crippen LogP contribution in [0.4, 0.5) is 0 Å². The highest BCUT2D eigenvalue weighted by Gasteiger charge is 2.32. The Morgan fingerprint density at radius 1 is 1.71 bits per heavy atom. The summed E-state index contributed by atoms with van der Waals surface area (Å²) in [5.41, 5.74) is 0.372. The van der Waals surface area contributed by atoms with E-state index in [1.165, 1.54) is 0 Å². The maximum absolute atomic E-state index is 11.7. The number of aliphatic hydroxyl groups excluding tert-OH is 1. The molecule has 1 aliphatic heterocycles. The molecule has 1 N–H and O–H groups in total. The molecule has 0 saturated carbocycles. The summed E-state index contributed by atoms with van der Waals surface area (Å²) < 4.78 is 3.63. The fourth-order valence-electron chi connectivity index (χ4n) is 1.54. The lowest BCUT2D eigenvalue weighted by Gasteiger charge is -2.12. The van der Waals surface area contributed by atoms with E-state index >= 15 is 0 Å². The van der Waals surface area contributed by atoms with Gasteiger partial charge in [-0.2, -0.15) is 0 Å². The van der Waals surface area contributed by atoms with Crippen LogP contribution in [0.25, 0.3) is 0 Å². The summed E-state index contributed by atoms with van der Waals surface area (Å²) in [7, 11) is 0. The van der Waals surface area contributed by atoms with Gasteiger partial charge >= 0.3 is 0 Å². The van der Waals surface area contributed by atoms with Gasteiger partial charge in [-0.05, 0) is 11.5 Å². The first-order valence-corrected chi connectivity index (χ1v) is 5.26. The molecule has 2 unspecified atom stereocenters. The minimum atomic E-state index is -0.412. The Kier molecular flexibility index (Phi) is 2.47. The molecule has 2 atom stereocenters. The maximum Gasteiger partial charge on any atom is 0.275 e. The molecule has 1 fully saturated rings. The summed E-state index contributed by atoms with van der Waals surface area (Å²) in [6.07, 6.45) is -0.412. The van der Waals surface area contributed by atoms with Crippen LogP contribution in [0.5, 0.6) is 0 Å². The average Bonchev–Trinajstić information content (AvgIpc) is 2.76. The zero-order chi connectivity index (χ0) is 10.1. The summed E-state index contributed by atoms with van der Waals surface area (Å²) in [6.45, 7) is 2.92. The summed E-state index contributed by atoms with van der Waals surface area (Å²) in [4.78, 5) is 13.3. The summed E-state index contributed by atoms with van der Waals surface area (Å²) in [6, 6.07) is 0. The fourth-order valence-corrected chi connectivity index (χ4v) is 1.97. The molecule has 5 nitrogen and oxygen atoms in total. The van der Waals surface area contributed by atoms with Gasteiger partial charge in [0.25, 0.3) is 5.91 Å². The van der Waals surface area contributed by atoms with E-state index in [0.29, 0.717) is 18.8 Å². The van der Waals surface area contributed by atoms with Crippen LogP contribution >= 0.6 is 11.5 Å². The monoisotopic (exact) mass is 213 g/mol. The third-order valence-corrected chi connectivity index (χ3v) is 2.94. The smallest absolute Gasteiger partial charge is 0.275 e. The molecule has 1 aromatic rings. The minimum Gasteiger partial charge on any atom is -0.391 e. The van der Waals surface area contributed by atoms with Gasteiger partial charge in [0.15, 0.2) is 5.69 Å². The molecule has 6 heteroatoms. The Morgan fingerprint density at radius 3 is 3.00 bits per heavy atom. The first-order chi connectivity index (χ1) is 6.68. The molecule has 1 amide bonds. The van der Waals surface area contributed by atoms with Crippen molar-refractivity contribution in [2.75, 3.05) is 13.1 Å². The summed E-state index contributed by atoms with van der Waals surface area (Å²) in [5.74, 6) is 0.00712. The second kappa shape index (κ2) is 3.62. The average molecular weight is 213 g/mol. The van der Waals surface area contributed by atoms with Crippen LogP contribution in [0, 0.1) is 5.92 Å². The third kappa shape index (κ3) is 1.62. The number of aromatic nitrogens is 2. The number of aliphatic hydroxyl groups is 1. The van der Waals surface area contributed by atoms with E-state index in [0.717, 1.165) is 11.5 Å². The Labute approximate surface area is 85.5 Å². The second-order valence-electron chi connectivity index (χ2n) is 3.54. The van der Waals surface area contributed by atoms with Crippen molar-refractivity contribution in [3.63, 3.8) is 0 Å². The molecule has 0 spiro atoms. The van der Waals surface area contributed by atoms with Crippen molar-refractivity contribution in [1.29, 1.82) is 0 Å². The van der Waals surface area contributed by atoms with Crippen LogP contribution in [-0.4, -0.2) is 44.7 Å². The predicted octanol–water partition coefficient (Wildman–Crippen LogP) is -0.00910. The topological polar surface area (TPSA) is 66.3 Å². The lowest BCUT2D eigenvalue weighted by molar-refractivity contribution is 0.0759. The molecule has 14 heavy (non-hydrogen) atoms. The number of likely N-dealkylation sites (tertiary alicyclic amines) is 1. The first kappa shape index (κ1) is 9.54. The Morgan fingerprint density at radius 2 is 2.50 bits per heavy atom. The number of rotatable bonds is 1. The molecule has 76 valence electrons. The minimum absolute atomic E-state index is 0.137. The zero-order valence-electron chi connectivity index (χ0n) is 7.75. The van der Waals surface area contributed by atoms with Gasteiger partial charge in [0.1, 0.15) is 0 Å². The lowest BCUT2D eigenvalue weighted by atomic mass is 10.1. The zero-order valence-corrected chi connectivity index (χ0v) is 8.57. The molecule has 0 aliphatic carbocycles. The number of β-amino-alcohol motifs (C(OH)–C–C–N with tert-alkyl or cyclic N) is 1. The van der Waals surface area contributed by atoms with Crippen LogP contribution < -0.4 is 0 Å². The molecule has 1 saturated heterocycles. The maximum atomic E-state index is 11.7. The Balaban J connectivity index is 2.07. The van der Waals surface area contributed by atoms with Gasteiger partial charge in [-0.15, -0.1) is 5.10 Å². The number of nitrogens with zero attached hydrogens (tertiary/aromatic N) is 3. The summed E-state index contributed by atoms with van der Waals surface area (Å²) in [5, 5.41) is 14.8. The van der Waals surface area contributed by atoms with Gasteiger partial charge in [-0.3, -0.25) is 4.79 Å². The highest BCUT2D eigenvalue weighted by atomic mass is 32.1. The fraction of sp³-hybridized carbons (Fsp3) is 0.625. The molecular weight excluding hydrogens is 202 g/mol.